The van der Waals surface area contributed by atoms with Gasteiger partial charge in [-0.15, -0.1) is 24.8 Å². The fourth-order valence-electron chi connectivity index (χ4n) is 1.34. The summed E-state index contributed by atoms with van der Waals surface area (Å²) in [6, 6.07) is 2.98. The van der Waals surface area contributed by atoms with Crippen molar-refractivity contribution in [1.82, 2.24) is 19.7 Å². The highest BCUT2D eigenvalue weighted by Crippen LogP contribution is 2.09. The van der Waals surface area contributed by atoms with Crippen LogP contribution in [0.3, 0.4) is 0 Å². The summed E-state index contributed by atoms with van der Waals surface area (Å²) in [6.45, 7) is 1.86. The Morgan fingerprint density at radius 3 is 2.70 bits per heavy atom. The zero-order valence-electron chi connectivity index (χ0n) is 10.8. The second-order valence-corrected chi connectivity index (χ2v) is 3.75. The molecule has 2 aromatic rings. The third-order valence-corrected chi connectivity index (χ3v) is 2.45. The smallest absolute Gasteiger partial charge is 0.241 e. The molecule has 0 radical (unpaired) electrons. The summed E-state index contributed by atoms with van der Waals surface area (Å²) < 4.78 is 1.53. The van der Waals surface area contributed by atoms with E-state index in [9.17, 15) is 4.79 Å². The molecule has 1 atom stereocenters. The summed E-state index contributed by atoms with van der Waals surface area (Å²) in [7, 11) is 0. The number of rotatable bonds is 4. The number of nitrogens with two attached hydrogens (primary N) is 1. The number of halogens is 2. The molecule has 0 unspecified atom stereocenters. The van der Waals surface area contributed by atoms with Gasteiger partial charge in [-0.25, -0.2) is 14.6 Å². The SMILES string of the molecule is CC[C@H](N)C(=O)Nc1ccc(-n2cncn2)nc1.Cl.Cl. The van der Waals surface area contributed by atoms with Crippen molar-refractivity contribution >= 4 is 36.4 Å². The van der Waals surface area contributed by atoms with Gasteiger partial charge in [0.1, 0.15) is 12.7 Å². The van der Waals surface area contributed by atoms with Crippen LogP contribution in [0, 0.1) is 0 Å². The summed E-state index contributed by atoms with van der Waals surface area (Å²) >= 11 is 0. The molecule has 2 heterocycles. The van der Waals surface area contributed by atoms with Crippen LogP contribution in [0.1, 0.15) is 13.3 Å². The van der Waals surface area contributed by atoms with Crippen molar-refractivity contribution in [3.05, 3.63) is 31.0 Å². The monoisotopic (exact) mass is 318 g/mol. The third kappa shape index (κ3) is 4.44. The lowest BCUT2D eigenvalue weighted by Crippen LogP contribution is -2.34. The van der Waals surface area contributed by atoms with Gasteiger partial charge in [-0.3, -0.25) is 4.79 Å². The maximum atomic E-state index is 11.6. The molecular weight excluding hydrogens is 303 g/mol. The van der Waals surface area contributed by atoms with Crippen molar-refractivity contribution < 1.29 is 4.79 Å². The highest BCUT2D eigenvalue weighted by Gasteiger charge is 2.11. The molecule has 1 amide bonds. The van der Waals surface area contributed by atoms with Gasteiger partial charge in [0, 0.05) is 0 Å². The van der Waals surface area contributed by atoms with Crippen LogP contribution in [-0.2, 0) is 4.79 Å². The number of nitrogens with one attached hydrogen (secondary N) is 1. The van der Waals surface area contributed by atoms with Crippen LogP contribution in [-0.4, -0.2) is 31.7 Å². The van der Waals surface area contributed by atoms with Crippen molar-refractivity contribution in [2.45, 2.75) is 19.4 Å². The number of anilines is 1. The van der Waals surface area contributed by atoms with E-state index in [1.165, 1.54) is 11.0 Å². The molecule has 0 saturated heterocycles. The van der Waals surface area contributed by atoms with E-state index in [2.05, 4.69) is 20.4 Å². The second-order valence-electron chi connectivity index (χ2n) is 3.75. The molecule has 2 rings (SSSR count). The Balaban J connectivity index is 0.00000180. The minimum atomic E-state index is -0.500. The Morgan fingerprint density at radius 1 is 1.45 bits per heavy atom. The topological polar surface area (TPSA) is 98.7 Å². The highest BCUT2D eigenvalue weighted by atomic mass is 35.5. The van der Waals surface area contributed by atoms with E-state index in [-0.39, 0.29) is 30.7 Å². The number of pyridine rings is 1. The van der Waals surface area contributed by atoms with E-state index >= 15 is 0 Å². The fraction of sp³-hybridized carbons (Fsp3) is 0.273. The molecule has 0 bridgehead atoms. The van der Waals surface area contributed by atoms with Gasteiger partial charge in [0.2, 0.25) is 5.91 Å². The summed E-state index contributed by atoms with van der Waals surface area (Å²) in [5.41, 5.74) is 6.22. The zero-order chi connectivity index (χ0) is 13.0. The van der Waals surface area contributed by atoms with Crippen LogP contribution < -0.4 is 11.1 Å². The molecule has 0 aromatic carbocycles. The van der Waals surface area contributed by atoms with Crippen LogP contribution >= 0.6 is 24.8 Å². The Morgan fingerprint density at radius 2 is 2.20 bits per heavy atom. The second kappa shape index (κ2) is 8.47. The maximum absolute atomic E-state index is 11.6. The van der Waals surface area contributed by atoms with Gasteiger partial charge in [0.15, 0.2) is 5.82 Å². The lowest BCUT2D eigenvalue weighted by Gasteiger charge is -2.09. The number of nitrogens with zero attached hydrogens (tertiary/aromatic N) is 4. The first-order valence-corrected chi connectivity index (χ1v) is 5.58. The predicted octanol–water partition coefficient (Wildman–Crippen LogP) is 1.18. The lowest BCUT2D eigenvalue weighted by atomic mass is 10.2. The molecule has 3 N–H and O–H groups in total. The molecule has 0 saturated carbocycles. The highest BCUT2D eigenvalue weighted by molar-refractivity contribution is 5.94. The molecule has 7 nitrogen and oxygen atoms in total. The minimum Gasteiger partial charge on any atom is -0.323 e. The fourth-order valence-corrected chi connectivity index (χ4v) is 1.34. The predicted molar refractivity (Wildman–Crippen MR) is 80.5 cm³/mol. The molecule has 2 aromatic heterocycles. The Hall–Kier alpha value is -1.70. The van der Waals surface area contributed by atoms with Crippen LogP contribution in [0.15, 0.2) is 31.0 Å². The molecule has 20 heavy (non-hydrogen) atoms. The van der Waals surface area contributed by atoms with Crippen LogP contribution in [0.25, 0.3) is 5.82 Å². The first-order valence-electron chi connectivity index (χ1n) is 5.58. The van der Waals surface area contributed by atoms with Crippen LogP contribution in [0.2, 0.25) is 0 Å². The first kappa shape index (κ1) is 18.3. The van der Waals surface area contributed by atoms with Gasteiger partial charge in [0.05, 0.1) is 17.9 Å². The Kier molecular flexibility index (Phi) is 7.75. The first-order chi connectivity index (χ1) is 8.70. The molecule has 0 aliphatic rings. The van der Waals surface area contributed by atoms with Crippen LogP contribution in [0.5, 0.6) is 0 Å². The minimum absolute atomic E-state index is 0. The van der Waals surface area contributed by atoms with Crippen molar-refractivity contribution in [2.24, 2.45) is 5.73 Å². The average Bonchev–Trinajstić information content (AvgIpc) is 2.92. The summed E-state index contributed by atoms with van der Waals surface area (Å²) in [5, 5.41) is 6.65. The number of hydrogen-bond acceptors (Lipinski definition) is 5. The maximum Gasteiger partial charge on any atom is 0.241 e. The molecular formula is C11H16Cl2N6O. The average molecular weight is 319 g/mol. The van der Waals surface area contributed by atoms with Crippen molar-refractivity contribution in [1.29, 1.82) is 0 Å². The van der Waals surface area contributed by atoms with Gasteiger partial charge in [-0.05, 0) is 18.6 Å². The van der Waals surface area contributed by atoms with E-state index in [1.807, 2.05) is 6.92 Å². The van der Waals surface area contributed by atoms with Gasteiger partial charge in [-0.1, -0.05) is 6.92 Å². The molecule has 0 spiro atoms. The largest absolute Gasteiger partial charge is 0.323 e. The molecule has 110 valence electrons. The molecule has 0 aliphatic heterocycles. The van der Waals surface area contributed by atoms with E-state index in [0.717, 1.165) is 0 Å². The number of amides is 1. The third-order valence-electron chi connectivity index (χ3n) is 2.45. The summed E-state index contributed by atoms with van der Waals surface area (Å²) in [4.78, 5) is 19.6. The van der Waals surface area contributed by atoms with Crippen LogP contribution in [0.4, 0.5) is 5.69 Å². The van der Waals surface area contributed by atoms with E-state index in [1.54, 1.807) is 24.7 Å². The van der Waals surface area contributed by atoms with E-state index < -0.39 is 6.04 Å². The number of aromatic nitrogens is 4. The zero-order valence-corrected chi connectivity index (χ0v) is 12.4. The van der Waals surface area contributed by atoms with Crippen molar-refractivity contribution in [3.63, 3.8) is 0 Å². The van der Waals surface area contributed by atoms with Crippen molar-refractivity contribution in [3.8, 4) is 5.82 Å². The van der Waals surface area contributed by atoms with Gasteiger partial charge in [-0.2, -0.15) is 5.10 Å². The van der Waals surface area contributed by atoms with Gasteiger partial charge < -0.3 is 11.1 Å². The summed E-state index contributed by atoms with van der Waals surface area (Å²) in [6.07, 6.45) is 5.12. The molecule has 0 fully saturated rings. The normalized spacial score (nSPS) is 10.9. The quantitative estimate of drug-likeness (QED) is 0.882. The van der Waals surface area contributed by atoms with Gasteiger partial charge in [0.25, 0.3) is 0 Å². The van der Waals surface area contributed by atoms with E-state index in [4.69, 9.17) is 5.73 Å². The standard InChI is InChI=1S/C11H14N6O.2ClH/c1-2-9(12)11(18)16-8-3-4-10(14-5-8)17-7-13-6-15-17;;/h3-7,9H,2,12H2,1H3,(H,16,18);2*1H/t9-;;/m0../s1. The van der Waals surface area contributed by atoms with Gasteiger partial charge >= 0.3 is 0 Å². The lowest BCUT2D eigenvalue weighted by molar-refractivity contribution is -0.117. The number of carbonyl (C=O) groups is 1. The number of carbonyl (C=O) groups excluding carboxylic acids is 1. The Bertz CT molecular complexity index is 516. The Labute approximate surface area is 128 Å². The number of hydrogen-bond donors (Lipinski definition) is 2. The van der Waals surface area contributed by atoms with Crippen molar-refractivity contribution in [2.75, 3.05) is 5.32 Å². The van der Waals surface area contributed by atoms with E-state index in [0.29, 0.717) is 17.9 Å². The molecule has 0 aliphatic carbocycles. The summed E-state index contributed by atoms with van der Waals surface area (Å²) in [5.74, 6) is 0.415. The molecule has 9 heteroatoms.